The van der Waals surface area contributed by atoms with Gasteiger partial charge in [-0.15, -0.1) is 21.5 Å². The highest BCUT2D eigenvalue weighted by Crippen LogP contribution is 2.34. The number of hydrogen-bond donors (Lipinski definition) is 0. The molecule has 0 unspecified atom stereocenters. The molecule has 4 heterocycles. The SMILES string of the molecule is Cc1nc(C)c(C(=O)N2CCC(c3nnc(-c4ccco4)s3)CC2)s1. The normalized spacial score (nSPS) is 15.7. The maximum atomic E-state index is 12.7. The summed E-state index contributed by atoms with van der Waals surface area (Å²) in [5.41, 5.74) is 0.835. The van der Waals surface area contributed by atoms with Crippen LogP contribution in [-0.4, -0.2) is 39.1 Å². The molecule has 0 aliphatic carbocycles. The van der Waals surface area contributed by atoms with Crippen LogP contribution in [0.5, 0.6) is 0 Å². The molecule has 4 rings (SSSR count). The van der Waals surface area contributed by atoms with Crippen molar-refractivity contribution in [3.05, 3.63) is 39.0 Å². The number of rotatable bonds is 3. The molecule has 0 spiro atoms. The van der Waals surface area contributed by atoms with Crippen LogP contribution in [0.2, 0.25) is 0 Å². The van der Waals surface area contributed by atoms with Gasteiger partial charge in [0.15, 0.2) is 10.8 Å². The molecule has 1 aliphatic heterocycles. The van der Waals surface area contributed by atoms with Crippen LogP contribution in [0, 0.1) is 13.8 Å². The van der Waals surface area contributed by atoms with Crippen LogP contribution in [0.25, 0.3) is 10.8 Å². The smallest absolute Gasteiger partial charge is 0.265 e. The van der Waals surface area contributed by atoms with Crippen molar-refractivity contribution in [1.29, 1.82) is 0 Å². The van der Waals surface area contributed by atoms with Crippen LogP contribution in [0.15, 0.2) is 22.8 Å². The molecule has 0 radical (unpaired) electrons. The maximum absolute atomic E-state index is 12.7. The fourth-order valence-electron chi connectivity index (χ4n) is 3.10. The minimum absolute atomic E-state index is 0.107. The number of piperidine rings is 1. The lowest BCUT2D eigenvalue weighted by Crippen LogP contribution is -2.37. The predicted molar refractivity (Wildman–Crippen MR) is 97.1 cm³/mol. The molecule has 1 aliphatic rings. The van der Waals surface area contributed by atoms with Crippen LogP contribution in [0.3, 0.4) is 0 Å². The molecule has 1 fully saturated rings. The molecular weight excluding hydrogens is 356 g/mol. The molecule has 0 bridgehead atoms. The van der Waals surface area contributed by atoms with E-state index in [2.05, 4.69) is 15.2 Å². The number of aromatic nitrogens is 3. The molecule has 0 aromatic carbocycles. The topological polar surface area (TPSA) is 72.1 Å². The van der Waals surface area contributed by atoms with Gasteiger partial charge in [0.05, 0.1) is 17.0 Å². The van der Waals surface area contributed by atoms with Crippen molar-refractivity contribution in [2.75, 3.05) is 13.1 Å². The number of thiazole rings is 1. The zero-order chi connectivity index (χ0) is 17.4. The van der Waals surface area contributed by atoms with Crippen molar-refractivity contribution in [2.45, 2.75) is 32.6 Å². The van der Waals surface area contributed by atoms with Crippen molar-refractivity contribution < 1.29 is 9.21 Å². The number of amides is 1. The Bertz CT molecular complexity index is 876. The summed E-state index contributed by atoms with van der Waals surface area (Å²) in [5, 5.41) is 11.4. The van der Waals surface area contributed by atoms with Crippen molar-refractivity contribution in [3.8, 4) is 10.8 Å². The van der Waals surface area contributed by atoms with E-state index in [1.807, 2.05) is 30.9 Å². The predicted octanol–water partition coefficient (Wildman–Crippen LogP) is 3.89. The van der Waals surface area contributed by atoms with E-state index in [0.717, 1.165) is 57.3 Å². The summed E-state index contributed by atoms with van der Waals surface area (Å²) < 4.78 is 5.38. The molecule has 0 N–H and O–H groups in total. The third kappa shape index (κ3) is 3.23. The number of likely N-dealkylation sites (tertiary alicyclic amines) is 1. The fraction of sp³-hybridized carbons (Fsp3) is 0.412. The molecule has 0 atom stereocenters. The summed E-state index contributed by atoms with van der Waals surface area (Å²) in [6.45, 7) is 5.33. The van der Waals surface area contributed by atoms with Crippen LogP contribution in [0.4, 0.5) is 0 Å². The quantitative estimate of drug-likeness (QED) is 0.695. The first-order chi connectivity index (χ1) is 12.1. The summed E-state index contributed by atoms with van der Waals surface area (Å²) in [6, 6.07) is 3.74. The standard InChI is InChI=1S/C17H18N4O2S2/c1-10-14(24-11(2)18-10)17(22)21-7-5-12(6-8-21)15-19-20-16(25-15)13-4-3-9-23-13/h3-4,9,12H,5-8H2,1-2H3. The molecule has 25 heavy (non-hydrogen) atoms. The van der Waals surface area contributed by atoms with Gasteiger partial charge in [0.1, 0.15) is 9.88 Å². The van der Waals surface area contributed by atoms with E-state index in [1.54, 1.807) is 17.6 Å². The van der Waals surface area contributed by atoms with Gasteiger partial charge < -0.3 is 9.32 Å². The summed E-state index contributed by atoms with van der Waals surface area (Å²) in [4.78, 5) is 19.8. The highest BCUT2D eigenvalue weighted by Gasteiger charge is 2.28. The fourth-order valence-corrected chi connectivity index (χ4v) is 4.97. The van der Waals surface area contributed by atoms with Crippen LogP contribution < -0.4 is 0 Å². The van der Waals surface area contributed by atoms with Crippen molar-refractivity contribution in [2.24, 2.45) is 0 Å². The minimum Gasteiger partial charge on any atom is -0.462 e. The Morgan fingerprint density at radius 3 is 2.68 bits per heavy atom. The Kier molecular flexibility index (Phi) is 4.39. The van der Waals surface area contributed by atoms with E-state index < -0.39 is 0 Å². The maximum Gasteiger partial charge on any atom is 0.265 e. The number of carbonyl (C=O) groups is 1. The van der Waals surface area contributed by atoms with Gasteiger partial charge in [-0.3, -0.25) is 4.79 Å². The molecule has 1 saturated heterocycles. The summed E-state index contributed by atoms with van der Waals surface area (Å²) >= 11 is 3.06. The molecule has 1 amide bonds. The van der Waals surface area contributed by atoms with Crippen LogP contribution in [0.1, 0.15) is 44.1 Å². The second-order valence-corrected chi connectivity index (χ2v) is 8.35. The zero-order valence-electron chi connectivity index (χ0n) is 14.1. The van der Waals surface area contributed by atoms with Gasteiger partial charge in [0.2, 0.25) is 0 Å². The Hall–Kier alpha value is -2.06. The van der Waals surface area contributed by atoms with E-state index in [9.17, 15) is 4.79 Å². The lowest BCUT2D eigenvalue weighted by molar-refractivity contribution is 0.0717. The second-order valence-electron chi connectivity index (χ2n) is 6.14. The Balaban J connectivity index is 1.41. The third-order valence-corrected chi connectivity index (χ3v) is 6.56. The number of furan rings is 1. The van der Waals surface area contributed by atoms with Gasteiger partial charge in [-0.05, 0) is 38.8 Å². The van der Waals surface area contributed by atoms with E-state index in [4.69, 9.17) is 4.42 Å². The molecule has 3 aromatic rings. The summed E-state index contributed by atoms with van der Waals surface area (Å²) in [6.07, 6.45) is 3.47. The van der Waals surface area contributed by atoms with Crippen LogP contribution in [-0.2, 0) is 0 Å². The minimum atomic E-state index is 0.107. The average Bonchev–Trinajstić information content (AvgIpc) is 3.34. The van der Waals surface area contributed by atoms with E-state index in [0.29, 0.717) is 5.92 Å². The lowest BCUT2D eigenvalue weighted by atomic mass is 9.97. The van der Waals surface area contributed by atoms with Crippen molar-refractivity contribution in [1.82, 2.24) is 20.1 Å². The molecule has 6 nitrogen and oxygen atoms in total. The van der Waals surface area contributed by atoms with E-state index in [1.165, 1.54) is 11.3 Å². The highest BCUT2D eigenvalue weighted by molar-refractivity contribution is 7.14. The summed E-state index contributed by atoms with van der Waals surface area (Å²) in [7, 11) is 0. The Labute approximate surface area is 153 Å². The number of nitrogens with zero attached hydrogens (tertiary/aromatic N) is 4. The monoisotopic (exact) mass is 374 g/mol. The third-order valence-electron chi connectivity index (χ3n) is 4.40. The van der Waals surface area contributed by atoms with Gasteiger partial charge in [-0.2, -0.15) is 0 Å². The lowest BCUT2D eigenvalue weighted by Gasteiger charge is -2.30. The first-order valence-corrected chi connectivity index (χ1v) is 9.85. The molecule has 0 saturated carbocycles. The van der Waals surface area contributed by atoms with E-state index >= 15 is 0 Å². The molecule has 3 aromatic heterocycles. The number of carbonyl (C=O) groups excluding carboxylic acids is 1. The first kappa shape index (κ1) is 16.4. The van der Waals surface area contributed by atoms with Gasteiger partial charge >= 0.3 is 0 Å². The van der Waals surface area contributed by atoms with Crippen LogP contribution >= 0.6 is 22.7 Å². The molecule has 8 heteroatoms. The van der Waals surface area contributed by atoms with Gasteiger partial charge in [0, 0.05) is 19.0 Å². The van der Waals surface area contributed by atoms with Crippen molar-refractivity contribution in [3.63, 3.8) is 0 Å². The molecular formula is C17H18N4O2S2. The Morgan fingerprint density at radius 2 is 2.04 bits per heavy atom. The van der Waals surface area contributed by atoms with Gasteiger partial charge in [0.25, 0.3) is 5.91 Å². The number of aryl methyl sites for hydroxylation is 2. The average molecular weight is 374 g/mol. The van der Waals surface area contributed by atoms with Crippen molar-refractivity contribution >= 4 is 28.6 Å². The largest absolute Gasteiger partial charge is 0.462 e. The van der Waals surface area contributed by atoms with Gasteiger partial charge in [-0.25, -0.2) is 4.98 Å². The van der Waals surface area contributed by atoms with E-state index in [-0.39, 0.29) is 5.91 Å². The Morgan fingerprint density at radius 1 is 1.24 bits per heavy atom. The molecule has 130 valence electrons. The van der Waals surface area contributed by atoms with Gasteiger partial charge in [-0.1, -0.05) is 11.3 Å². The number of hydrogen-bond acceptors (Lipinski definition) is 7. The first-order valence-electron chi connectivity index (χ1n) is 8.22. The zero-order valence-corrected chi connectivity index (χ0v) is 15.7. The summed E-state index contributed by atoms with van der Waals surface area (Å²) in [5.74, 6) is 1.22. The second kappa shape index (κ2) is 6.68. The highest BCUT2D eigenvalue weighted by atomic mass is 32.1.